The van der Waals surface area contributed by atoms with E-state index in [2.05, 4.69) is 34.4 Å². The minimum Gasteiger partial charge on any atom is -0.504 e. The highest BCUT2D eigenvalue weighted by Gasteiger charge is 2.28. The summed E-state index contributed by atoms with van der Waals surface area (Å²) in [5, 5.41) is 16.6. The van der Waals surface area contributed by atoms with Gasteiger partial charge in [0.25, 0.3) is 0 Å². The van der Waals surface area contributed by atoms with E-state index in [0.717, 1.165) is 50.9 Å². The van der Waals surface area contributed by atoms with Crippen LogP contribution in [0.25, 0.3) is 0 Å². The van der Waals surface area contributed by atoms with Crippen molar-refractivity contribution in [2.45, 2.75) is 32.9 Å². The Bertz CT molecular complexity index is 598. The van der Waals surface area contributed by atoms with E-state index in [4.69, 9.17) is 9.47 Å². The number of rotatable bonds is 7. The third kappa shape index (κ3) is 5.78. The van der Waals surface area contributed by atoms with E-state index >= 15 is 0 Å². The van der Waals surface area contributed by atoms with Crippen LogP contribution in [0.2, 0.25) is 0 Å². The predicted molar refractivity (Wildman–Crippen MR) is 104 cm³/mol. The van der Waals surface area contributed by atoms with Crippen molar-refractivity contribution in [1.29, 1.82) is 0 Å². The molecule has 0 atom stereocenters. The molecule has 7 nitrogen and oxygen atoms in total. The maximum absolute atomic E-state index is 9.89. The van der Waals surface area contributed by atoms with E-state index in [1.165, 1.54) is 7.11 Å². The summed E-state index contributed by atoms with van der Waals surface area (Å²) < 4.78 is 10.5. The Hall–Kier alpha value is -1.99. The Balaban J connectivity index is 1.96. The number of ether oxygens (including phenoxy) is 2. The summed E-state index contributed by atoms with van der Waals surface area (Å²) in [6.07, 6.45) is 0. The zero-order chi connectivity index (χ0) is 19.0. The molecule has 146 valence electrons. The van der Waals surface area contributed by atoms with Gasteiger partial charge in [-0.1, -0.05) is 6.07 Å². The van der Waals surface area contributed by atoms with Crippen molar-refractivity contribution < 1.29 is 14.6 Å². The van der Waals surface area contributed by atoms with Gasteiger partial charge < -0.3 is 25.2 Å². The highest BCUT2D eigenvalue weighted by atomic mass is 16.5. The second-order valence-electron chi connectivity index (χ2n) is 6.97. The first-order valence-electron chi connectivity index (χ1n) is 9.17. The van der Waals surface area contributed by atoms with Gasteiger partial charge >= 0.3 is 0 Å². The van der Waals surface area contributed by atoms with Crippen LogP contribution in [0, 0.1) is 0 Å². The van der Waals surface area contributed by atoms with Gasteiger partial charge in [0.05, 0.1) is 26.9 Å². The van der Waals surface area contributed by atoms with Gasteiger partial charge in [0.1, 0.15) is 0 Å². The summed E-state index contributed by atoms with van der Waals surface area (Å²) in [6, 6.07) is 5.34. The first-order chi connectivity index (χ1) is 12.5. The van der Waals surface area contributed by atoms with Gasteiger partial charge in [0, 0.05) is 31.7 Å². The van der Waals surface area contributed by atoms with Crippen LogP contribution in [0.1, 0.15) is 26.3 Å². The lowest BCUT2D eigenvalue weighted by Crippen LogP contribution is -2.56. The van der Waals surface area contributed by atoms with Gasteiger partial charge in [-0.05, 0) is 38.5 Å². The predicted octanol–water partition coefficient (Wildman–Crippen LogP) is 1.57. The number of aromatic hydroxyl groups is 1. The summed E-state index contributed by atoms with van der Waals surface area (Å²) in [4.78, 5) is 7.07. The van der Waals surface area contributed by atoms with E-state index in [1.807, 2.05) is 13.0 Å². The van der Waals surface area contributed by atoms with Crippen LogP contribution < -0.4 is 15.4 Å². The first kappa shape index (κ1) is 20.3. The van der Waals surface area contributed by atoms with Crippen LogP contribution >= 0.6 is 0 Å². The fourth-order valence-electron chi connectivity index (χ4n) is 2.93. The molecule has 26 heavy (non-hydrogen) atoms. The number of methoxy groups -OCH3 is 1. The van der Waals surface area contributed by atoms with Gasteiger partial charge in [-0.25, -0.2) is 4.99 Å². The highest BCUT2D eigenvalue weighted by Crippen LogP contribution is 2.26. The lowest BCUT2D eigenvalue weighted by molar-refractivity contribution is -0.00834. The molecule has 0 unspecified atom stereocenters. The Labute approximate surface area is 156 Å². The molecule has 0 radical (unpaired) electrons. The number of guanidine groups is 1. The van der Waals surface area contributed by atoms with Crippen molar-refractivity contribution in [3.63, 3.8) is 0 Å². The van der Waals surface area contributed by atoms with Gasteiger partial charge in [-0.2, -0.15) is 0 Å². The van der Waals surface area contributed by atoms with Crippen LogP contribution in [0.3, 0.4) is 0 Å². The maximum atomic E-state index is 9.89. The van der Waals surface area contributed by atoms with Crippen LogP contribution in [0.4, 0.5) is 0 Å². The number of benzene rings is 1. The monoisotopic (exact) mass is 364 g/mol. The molecule has 7 heteroatoms. The molecule has 1 saturated heterocycles. The summed E-state index contributed by atoms with van der Waals surface area (Å²) in [5.74, 6) is 1.37. The van der Waals surface area contributed by atoms with Crippen LogP contribution in [0.15, 0.2) is 23.2 Å². The fourth-order valence-corrected chi connectivity index (χ4v) is 2.93. The van der Waals surface area contributed by atoms with Gasteiger partial charge in [-0.3, -0.25) is 4.90 Å². The largest absolute Gasteiger partial charge is 0.504 e. The minimum absolute atomic E-state index is 0.0123. The molecule has 1 aliphatic rings. The molecule has 1 aromatic carbocycles. The van der Waals surface area contributed by atoms with E-state index < -0.39 is 0 Å². The van der Waals surface area contributed by atoms with E-state index in [-0.39, 0.29) is 11.3 Å². The van der Waals surface area contributed by atoms with E-state index in [9.17, 15) is 5.11 Å². The molecular weight excluding hydrogens is 332 g/mol. The summed E-state index contributed by atoms with van der Waals surface area (Å²) in [7, 11) is 1.54. The summed E-state index contributed by atoms with van der Waals surface area (Å²) in [5.41, 5.74) is 0.936. The topological polar surface area (TPSA) is 78.4 Å². The third-order valence-corrected chi connectivity index (χ3v) is 4.56. The number of nitrogens with one attached hydrogen (secondary N) is 2. The smallest absolute Gasteiger partial charge is 0.191 e. The lowest BCUT2D eigenvalue weighted by atomic mass is 10.0. The van der Waals surface area contributed by atoms with Gasteiger partial charge in [-0.15, -0.1) is 0 Å². The zero-order valence-corrected chi connectivity index (χ0v) is 16.3. The summed E-state index contributed by atoms with van der Waals surface area (Å²) in [6.45, 7) is 12.0. The number of phenols is 1. The maximum Gasteiger partial charge on any atom is 0.191 e. The number of hydrogen-bond donors (Lipinski definition) is 3. The average molecular weight is 364 g/mol. The Morgan fingerprint density at radius 1 is 1.31 bits per heavy atom. The van der Waals surface area contributed by atoms with Crippen molar-refractivity contribution in [2.75, 3.05) is 46.5 Å². The van der Waals surface area contributed by atoms with Gasteiger partial charge in [0.2, 0.25) is 0 Å². The number of aliphatic imine (C=N–C) groups is 1. The molecule has 1 aliphatic heterocycles. The molecule has 0 bridgehead atoms. The van der Waals surface area contributed by atoms with Crippen LogP contribution in [0.5, 0.6) is 11.5 Å². The van der Waals surface area contributed by atoms with Crippen molar-refractivity contribution >= 4 is 5.96 Å². The van der Waals surface area contributed by atoms with Crippen molar-refractivity contribution in [2.24, 2.45) is 4.99 Å². The molecule has 1 heterocycles. The number of nitrogens with zero attached hydrogens (tertiary/aromatic N) is 2. The van der Waals surface area contributed by atoms with Crippen LogP contribution in [-0.2, 0) is 11.3 Å². The van der Waals surface area contributed by atoms with Crippen molar-refractivity contribution in [3.8, 4) is 11.5 Å². The number of hydrogen-bond acceptors (Lipinski definition) is 5. The summed E-state index contributed by atoms with van der Waals surface area (Å²) >= 11 is 0. The molecule has 0 aromatic heterocycles. The minimum atomic E-state index is 0.0123. The molecule has 0 spiro atoms. The zero-order valence-electron chi connectivity index (χ0n) is 16.3. The Morgan fingerprint density at radius 3 is 2.65 bits per heavy atom. The van der Waals surface area contributed by atoms with E-state index in [0.29, 0.717) is 12.3 Å². The fraction of sp³-hybridized carbons (Fsp3) is 0.632. The standard InChI is InChI=1S/C19H32N4O3/c1-5-20-18(21-13-15-6-7-17(25-4)16(24)12-15)22-14-19(2,3)23-8-10-26-11-9-23/h6-7,12,24H,5,8-11,13-14H2,1-4H3,(H2,20,21,22). The Kier molecular flexibility index (Phi) is 7.53. The van der Waals surface area contributed by atoms with E-state index in [1.54, 1.807) is 12.1 Å². The second-order valence-corrected chi connectivity index (χ2v) is 6.97. The van der Waals surface area contributed by atoms with Gasteiger partial charge in [0.15, 0.2) is 17.5 Å². The molecule has 2 rings (SSSR count). The van der Waals surface area contributed by atoms with Crippen molar-refractivity contribution in [3.05, 3.63) is 23.8 Å². The Morgan fingerprint density at radius 2 is 2.04 bits per heavy atom. The quantitative estimate of drug-likeness (QED) is 0.504. The van der Waals surface area contributed by atoms with Crippen molar-refractivity contribution in [1.82, 2.24) is 15.5 Å². The molecule has 0 amide bonds. The lowest BCUT2D eigenvalue weighted by Gasteiger charge is -2.41. The third-order valence-electron chi connectivity index (χ3n) is 4.56. The molecule has 3 N–H and O–H groups in total. The molecule has 1 fully saturated rings. The number of phenolic OH excluding ortho intramolecular Hbond substituents is 1. The molecule has 0 saturated carbocycles. The molecule has 0 aliphatic carbocycles. The first-order valence-corrected chi connectivity index (χ1v) is 9.17. The molecule has 1 aromatic rings. The normalized spacial score (nSPS) is 16.4. The highest BCUT2D eigenvalue weighted by molar-refractivity contribution is 5.79. The number of morpholine rings is 1. The van der Waals surface area contributed by atoms with Crippen LogP contribution in [-0.4, -0.2) is 68.0 Å². The SMILES string of the molecule is CCNC(=NCc1ccc(OC)c(O)c1)NCC(C)(C)N1CCOCC1. The molecular formula is C19H32N4O3. The second kappa shape index (κ2) is 9.64. The average Bonchev–Trinajstić information content (AvgIpc) is 2.65.